The van der Waals surface area contributed by atoms with E-state index in [1.54, 1.807) is 19.6 Å². The predicted molar refractivity (Wildman–Crippen MR) is 100 cm³/mol. The molecule has 1 aromatic heterocycles. The van der Waals surface area contributed by atoms with Gasteiger partial charge in [0.25, 0.3) is 0 Å². The smallest absolute Gasteiger partial charge is 0.119 e. The highest BCUT2D eigenvalue weighted by atomic mass is 16.5. The maximum atomic E-state index is 10.2. The van der Waals surface area contributed by atoms with E-state index in [-0.39, 0.29) is 12.1 Å². The Morgan fingerprint density at radius 2 is 2.04 bits per heavy atom. The van der Waals surface area contributed by atoms with Crippen LogP contribution < -0.4 is 4.74 Å². The minimum absolute atomic E-state index is 0.202. The lowest BCUT2D eigenvalue weighted by atomic mass is 10.0. The molecule has 0 spiro atoms. The van der Waals surface area contributed by atoms with Crippen molar-refractivity contribution in [2.75, 3.05) is 13.7 Å². The van der Waals surface area contributed by atoms with Gasteiger partial charge in [0.15, 0.2) is 0 Å². The van der Waals surface area contributed by atoms with Crippen LogP contribution in [0.3, 0.4) is 0 Å². The lowest BCUT2D eigenvalue weighted by Gasteiger charge is -2.25. The first-order chi connectivity index (χ1) is 12.7. The molecule has 26 heavy (non-hydrogen) atoms. The Hall–Kier alpha value is -2.63. The Morgan fingerprint density at radius 1 is 1.19 bits per heavy atom. The topological polar surface area (TPSA) is 50.5 Å². The van der Waals surface area contributed by atoms with Crippen LogP contribution in [-0.2, 0) is 6.54 Å². The van der Waals surface area contributed by atoms with Crippen molar-refractivity contribution in [2.45, 2.75) is 25.1 Å². The molecular formula is C21H23N3O2. The van der Waals surface area contributed by atoms with E-state index in [0.29, 0.717) is 6.54 Å². The molecule has 1 aliphatic rings. The minimum atomic E-state index is -0.295. The van der Waals surface area contributed by atoms with E-state index >= 15 is 0 Å². The zero-order valence-electron chi connectivity index (χ0n) is 14.8. The summed E-state index contributed by atoms with van der Waals surface area (Å²) in [7, 11) is 1.68. The van der Waals surface area contributed by atoms with Crippen molar-refractivity contribution < 1.29 is 9.84 Å². The molecule has 2 heterocycles. The quantitative estimate of drug-likeness (QED) is 0.769. The average Bonchev–Trinajstić information content (AvgIpc) is 3.32. The summed E-state index contributed by atoms with van der Waals surface area (Å²) in [5.41, 5.74) is 3.52. The summed E-state index contributed by atoms with van der Waals surface area (Å²) >= 11 is 0. The second-order valence-electron chi connectivity index (χ2n) is 6.75. The number of ether oxygens (including phenoxy) is 1. The summed E-state index contributed by atoms with van der Waals surface area (Å²) in [6, 6.07) is 16.8. The highest BCUT2D eigenvalue weighted by molar-refractivity contribution is 5.35. The molecule has 5 heteroatoms. The molecule has 5 nitrogen and oxygen atoms in total. The van der Waals surface area contributed by atoms with Crippen LogP contribution in [0.25, 0.3) is 5.69 Å². The Bertz CT molecular complexity index is 846. The molecule has 0 unspecified atom stereocenters. The van der Waals surface area contributed by atoms with Gasteiger partial charge in [0.2, 0.25) is 0 Å². The number of benzene rings is 2. The second-order valence-corrected chi connectivity index (χ2v) is 6.75. The zero-order chi connectivity index (χ0) is 17.9. The van der Waals surface area contributed by atoms with Gasteiger partial charge in [0.05, 0.1) is 19.5 Å². The van der Waals surface area contributed by atoms with Gasteiger partial charge in [-0.05, 0) is 41.8 Å². The third kappa shape index (κ3) is 3.49. The largest absolute Gasteiger partial charge is 0.497 e. The van der Waals surface area contributed by atoms with Crippen molar-refractivity contribution in [3.63, 3.8) is 0 Å². The van der Waals surface area contributed by atoms with Gasteiger partial charge in [0.1, 0.15) is 5.75 Å². The summed E-state index contributed by atoms with van der Waals surface area (Å²) in [5.74, 6) is 0.855. The second kappa shape index (κ2) is 7.32. The molecule has 2 aromatic carbocycles. The summed E-state index contributed by atoms with van der Waals surface area (Å²) in [4.78, 5) is 6.43. The van der Waals surface area contributed by atoms with Crippen LogP contribution in [0.15, 0.2) is 67.3 Å². The van der Waals surface area contributed by atoms with Crippen molar-refractivity contribution in [1.29, 1.82) is 0 Å². The van der Waals surface area contributed by atoms with Crippen molar-refractivity contribution in [1.82, 2.24) is 14.5 Å². The molecular weight excluding hydrogens is 326 g/mol. The van der Waals surface area contributed by atoms with Crippen LogP contribution in [0.2, 0.25) is 0 Å². The molecule has 0 bridgehead atoms. The number of aromatic nitrogens is 2. The molecule has 0 aliphatic carbocycles. The summed E-state index contributed by atoms with van der Waals surface area (Å²) in [6.07, 6.45) is 5.96. The van der Waals surface area contributed by atoms with E-state index in [2.05, 4.69) is 46.3 Å². The number of hydrogen-bond donors (Lipinski definition) is 1. The third-order valence-electron chi connectivity index (χ3n) is 4.98. The SMILES string of the molecule is COc1cccc([C@H]2C[C@H](O)CN2Cc2ccc(-n3ccnc3)cc2)c1. The number of rotatable bonds is 5. The fourth-order valence-corrected chi connectivity index (χ4v) is 3.67. The van der Waals surface area contributed by atoms with Gasteiger partial charge in [-0.3, -0.25) is 4.90 Å². The molecule has 2 atom stereocenters. The highest BCUT2D eigenvalue weighted by Gasteiger charge is 2.32. The standard InChI is InChI=1S/C21H23N3O2/c1-26-20-4-2-3-17(11-20)21-12-19(25)14-24(21)13-16-5-7-18(8-6-16)23-10-9-22-15-23/h2-11,15,19,21,25H,12-14H2,1H3/t19-,21+/m0/s1. The Balaban J connectivity index is 1.52. The first-order valence-electron chi connectivity index (χ1n) is 8.86. The fourth-order valence-electron chi connectivity index (χ4n) is 3.67. The highest BCUT2D eigenvalue weighted by Crippen LogP contribution is 2.34. The van der Waals surface area contributed by atoms with Gasteiger partial charge in [-0.1, -0.05) is 24.3 Å². The fraction of sp³-hybridized carbons (Fsp3) is 0.286. The van der Waals surface area contributed by atoms with Crippen molar-refractivity contribution in [2.24, 2.45) is 0 Å². The van der Waals surface area contributed by atoms with Crippen LogP contribution in [0.5, 0.6) is 5.75 Å². The van der Waals surface area contributed by atoms with Gasteiger partial charge in [-0.15, -0.1) is 0 Å². The van der Waals surface area contributed by atoms with Crippen LogP contribution in [0, 0.1) is 0 Å². The Morgan fingerprint density at radius 3 is 2.77 bits per heavy atom. The van der Waals surface area contributed by atoms with Gasteiger partial charge < -0.3 is 14.4 Å². The number of imidazole rings is 1. The van der Waals surface area contributed by atoms with Crippen molar-refractivity contribution >= 4 is 0 Å². The van der Waals surface area contributed by atoms with E-state index < -0.39 is 0 Å². The predicted octanol–water partition coefficient (Wildman–Crippen LogP) is 3.19. The van der Waals surface area contributed by atoms with Crippen LogP contribution in [-0.4, -0.2) is 39.3 Å². The van der Waals surface area contributed by atoms with E-state index in [1.807, 2.05) is 22.9 Å². The zero-order valence-corrected chi connectivity index (χ0v) is 14.8. The van der Waals surface area contributed by atoms with Gasteiger partial charge in [-0.2, -0.15) is 0 Å². The molecule has 1 N–H and O–H groups in total. The molecule has 134 valence electrons. The molecule has 1 fully saturated rings. The van der Waals surface area contributed by atoms with Gasteiger partial charge in [-0.25, -0.2) is 4.98 Å². The monoisotopic (exact) mass is 349 g/mol. The average molecular weight is 349 g/mol. The molecule has 1 aliphatic heterocycles. The van der Waals surface area contributed by atoms with Crippen molar-refractivity contribution in [3.8, 4) is 11.4 Å². The molecule has 4 rings (SSSR count). The number of aliphatic hydroxyl groups excluding tert-OH is 1. The molecule has 0 radical (unpaired) electrons. The maximum absolute atomic E-state index is 10.2. The maximum Gasteiger partial charge on any atom is 0.119 e. The lowest BCUT2D eigenvalue weighted by molar-refractivity contribution is 0.172. The number of β-amino-alcohol motifs (C(OH)–C–C–N with tert-alkyl or cyclic N) is 1. The van der Waals surface area contributed by atoms with E-state index in [0.717, 1.165) is 24.4 Å². The van der Waals surface area contributed by atoms with Crippen molar-refractivity contribution in [3.05, 3.63) is 78.4 Å². The Labute approximate surface area is 153 Å². The first-order valence-corrected chi connectivity index (χ1v) is 8.86. The molecule has 0 amide bonds. The summed E-state index contributed by atoms with van der Waals surface area (Å²) < 4.78 is 7.34. The van der Waals surface area contributed by atoms with Gasteiger partial charge >= 0.3 is 0 Å². The number of methoxy groups -OCH3 is 1. The van der Waals surface area contributed by atoms with E-state index in [9.17, 15) is 5.11 Å². The van der Waals surface area contributed by atoms with E-state index in [4.69, 9.17) is 4.74 Å². The molecule has 3 aromatic rings. The van der Waals surface area contributed by atoms with Crippen LogP contribution in [0.1, 0.15) is 23.6 Å². The molecule has 1 saturated heterocycles. The number of likely N-dealkylation sites (tertiary alicyclic amines) is 1. The minimum Gasteiger partial charge on any atom is -0.497 e. The van der Waals surface area contributed by atoms with E-state index in [1.165, 1.54) is 11.1 Å². The van der Waals surface area contributed by atoms with Crippen LogP contribution in [0.4, 0.5) is 0 Å². The number of nitrogens with zero attached hydrogens (tertiary/aromatic N) is 3. The lowest BCUT2D eigenvalue weighted by Crippen LogP contribution is -2.24. The molecule has 0 saturated carbocycles. The normalized spacial score (nSPS) is 20.4. The number of hydrogen-bond acceptors (Lipinski definition) is 4. The van der Waals surface area contributed by atoms with Crippen LogP contribution >= 0.6 is 0 Å². The van der Waals surface area contributed by atoms with Gasteiger partial charge in [0, 0.05) is 37.2 Å². The third-order valence-corrected chi connectivity index (χ3v) is 4.98. The first kappa shape index (κ1) is 16.8. The number of aliphatic hydroxyl groups is 1. The summed E-state index contributed by atoms with van der Waals surface area (Å²) in [6.45, 7) is 1.49. The summed E-state index contributed by atoms with van der Waals surface area (Å²) in [5, 5.41) is 10.2. The Kier molecular flexibility index (Phi) is 4.73.